The van der Waals surface area contributed by atoms with Crippen LogP contribution in [0.1, 0.15) is 30.0 Å². The van der Waals surface area contributed by atoms with Crippen LogP contribution in [0.2, 0.25) is 19.1 Å². The first-order valence-corrected chi connectivity index (χ1v) is 18.8. The predicted octanol–water partition coefficient (Wildman–Crippen LogP) is 3.95. The van der Waals surface area contributed by atoms with Crippen molar-refractivity contribution in [3.05, 3.63) is 108 Å². The molecule has 0 aliphatic heterocycles. The summed E-state index contributed by atoms with van der Waals surface area (Å²) in [7, 11) is -4.11. The van der Waals surface area contributed by atoms with Gasteiger partial charge >= 0.3 is 0 Å². The number of hydrogen-bond acceptors (Lipinski definition) is 3. The Kier molecular flexibility index (Phi) is 11.2. The molecule has 0 aliphatic rings. The molecule has 212 valence electrons. The maximum Gasteiger partial charge on any atom is 0.186 e. The third-order valence-corrected chi connectivity index (χ3v) is 14.2. The molecule has 0 fully saturated rings. The average molecular weight is 638 g/mol. The molecule has 0 aromatic heterocycles. The molecule has 40 heavy (non-hydrogen) atoms. The number of phenols is 1. The highest BCUT2D eigenvalue weighted by Crippen LogP contribution is 2.56. The number of rotatable bonds is 11. The quantitative estimate of drug-likeness (QED) is 0.154. The van der Waals surface area contributed by atoms with Crippen LogP contribution in [-0.4, -0.2) is 26.6 Å². The minimum atomic E-state index is -2.42. The van der Waals surface area contributed by atoms with Gasteiger partial charge in [0, 0.05) is 12.7 Å². The molecule has 6 heteroatoms. The van der Waals surface area contributed by atoms with E-state index in [1.54, 1.807) is 6.07 Å². The topological polar surface area (TPSA) is 38.7 Å². The van der Waals surface area contributed by atoms with E-state index in [2.05, 4.69) is 114 Å². The zero-order valence-electron chi connectivity index (χ0n) is 24.6. The molecule has 0 unspecified atom stereocenters. The lowest BCUT2D eigenvalue weighted by molar-refractivity contribution is -0.0000106. The molecule has 3 nitrogen and oxygen atoms in total. The second kappa shape index (κ2) is 14.0. The number of benzene rings is 4. The summed E-state index contributed by atoms with van der Waals surface area (Å²) < 4.78 is 12.6. The zero-order valence-corrected chi connectivity index (χ0v) is 28.1. The molecule has 4 rings (SSSR count). The number of ether oxygens (including phenoxy) is 1. The van der Waals surface area contributed by atoms with Gasteiger partial charge in [0.2, 0.25) is 0 Å². The van der Waals surface area contributed by atoms with Gasteiger partial charge in [0.05, 0.1) is 6.61 Å². The van der Waals surface area contributed by atoms with Gasteiger partial charge in [-0.25, -0.2) is 0 Å². The van der Waals surface area contributed by atoms with Gasteiger partial charge in [-0.3, -0.25) is 0 Å². The van der Waals surface area contributed by atoms with Crippen molar-refractivity contribution in [3.8, 4) is 11.5 Å². The molecule has 4 aromatic rings. The van der Waals surface area contributed by atoms with Gasteiger partial charge in [0.15, 0.2) is 19.4 Å². The van der Waals surface area contributed by atoms with Crippen molar-refractivity contribution in [3.63, 3.8) is 0 Å². The van der Waals surface area contributed by atoms with Crippen molar-refractivity contribution in [2.75, 3.05) is 13.2 Å². The monoisotopic (exact) mass is 636 g/mol. The summed E-state index contributed by atoms with van der Waals surface area (Å²) in [6, 6.07) is 33.3. The first kappa shape index (κ1) is 32.1. The summed E-state index contributed by atoms with van der Waals surface area (Å²) in [5, 5.41) is 15.6. The van der Waals surface area contributed by atoms with Crippen molar-refractivity contribution in [2.45, 2.75) is 53.3 Å². The van der Waals surface area contributed by atoms with Gasteiger partial charge < -0.3 is 31.3 Å². The number of halogens is 1. The van der Waals surface area contributed by atoms with Crippen molar-refractivity contribution in [1.29, 1.82) is 0 Å². The van der Waals surface area contributed by atoms with Crippen molar-refractivity contribution in [1.82, 2.24) is 0 Å². The van der Waals surface area contributed by atoms with E-state index in [0.717, 1.165) is 30.1 Å². The fourth-order valence-corrected chi connectivity index (χ4v) is 11.4. The molecule has 0 saturated heterocycles. The molecular formula is C34H42BrO3PSi. The van der Waals surface area contributed by atoms with Crippen LogP contribution in [0.5, 0.6) is 11.5 Å². The maximum absolute atomic E-state index is 10.9. The van der Waals surface area contributed by atoms with Gasteiger partial charge in [0.1, 0.15) is 28.9 Å². The number of hydrogen-bond donors (Lipinski definition) is 1. The zero-order chi connectivity index (χ0) is 28.0. The molecule has 0 radical (unpaired) electrons. The summed E-state index contributed by atoms with van der Waals surface area (Å²) in [5.74, 6) is 1.08. The standard InChI is InChI=1S/C34H41O3PSi.BrH/c1-7-37-39(5,6)24-8-23-36-33-22-15-29(35)25-34(33)38(30-16-9-26(2)10-17-30,31-18-11-27(3)12-19-31)32-20-13-28(4)14-21-32;/h9-22,25H,7-8,23-24H2,1-6H3;1H. The molecule has 0 amide bonds. The number of aromatic hydroxyl groups is 1. The van der Waals surface area contributed by atoms with E-state index in [-0.39, 0.29) is 22.7 Å². The lowest BCUT2D eigenvalue weighted by Crippen LogP contribution is -3.00. The molecule has 4 aromatic carbocycles. The first-order valence-electron chi connectivity index (χ1n) is 13.9. The van der Waals surface area contributed by atoms with Crippen LogP contribution in [-0.2, 0) is 4.43 Å². The maximum atomic E-state index is 10.9. The second-order valence-corrected chi connectivity index (χ2v) is 18.7. The third kappa shape index (κ3) is 7.25. The van der Waals surface area contributed by atoms with Crippen molar-refractivity contribution in [2.24, 2.45) is 0 Å². The minimum Gasteiger partial charge on any atom is -1.00 e. The lowest BCUT2D eigenvalue weighted by Gasteiger charge is -2.29. The normalized spacial score (nSPS) is 11.7. The van der Waals surface area contributed by atoms with Gasteiger partial charge in [-0.05, 0) is 102 Å². The summed E-state index contributed by atoms with van der Waals surface area (Å²) in [6.07, 6.45) is 0.935. The fraction of sp³-hybridized carbons (Fsp3) is 0.294. The number of aryl methyl sites for hydroxylation is 3. The molecule has 1 N–H and O–H groups in total. The van der Waals surface area contributed by atoms with Crippen molar-refractivity contribution < 1.29 is 31.3 Å². The summed E-state index contributed by atoms with van der Waals surface area (Å²) in [5.41, 5.74) is 3.66. The van der Waals surface area contributed by atoms with E-state index in [1.807, 2.05) is 12.1 Å². The molecule has 0 atom stereocenters. The van der Waals surface area contributed by atoms with Crippen LogP contribution >= 0.6 is 7.26 Å². The van der Waals surface area contributed by atoms with Gasteiger partial charge in [-0.15, -0.1) is 0 Å². The summed E-state index contributed by atoms with van der Waals surface area (Å²) >= 11 is 0. The van der Waals surface area contributed by atoms with Gasteiger partial charge in [-0.1, -0.05) is 53.1 Å². The van der Waals surface area contributed by atoms with Gasteiger partial charge in [-0.2, -0.15) is 0 Å². The predicted molar refractivity (Wildman–Crippen MR) is 171 cm³/mol. The van der Waals surface area contributed by atoms with Gasteiger partial charge in [0.25, 0.3) is 0 Å². The molecule has 0 heterocycles. The Morgan fingerprint density at radius 2 is 1.15 bits per heavy atom. The molecule has 0 spiro atoms. The molecule has 0 saturated carbocycles. The SMILES string of the molecule is CCO[Si](C)(C)CCCOc1ccc(O)cc1[P+](c1ccc(C)cc1)(c1ccc(C)cc1)c1ccc(C)cc1.[Br-]. The van der Waals surface area contributed by atoms with E-state index < -0.39 is 15.6 Å². The highest BCUT2D eigenvalue weighted by molar-refractivity contribution is 8.01. The Morgan fingerprint density at radius 1 is 0.700 bits per heavy atom. The summed E-state index contributed by atoms with van der Waals surface area (Å²) in [4.78, 5) is 0. The highest BCUT2D eigenvalue weighted by atomic mass is 79.9. The van der Waals surface area contributed by atoms with E-state index >= 15 is 0 Å². The van der Waals surface area contributed by atoms with Crippen LogP contribution in [0.25, 0.3) is 0 Å². The molecule has 0 aliphatic carbocycles. The molecule has 0 bridgehead atoms. The second-order valence-electron chi connectivity index (χ2n) is 11.0. The Balaban J connectivity index is 0.00000441. The van der Waals surface area contributed by atoms with E-state index in [1.165, 1.54) is 32.6 Å². The summed E-state index contributed by atoms with van der Waals surface area (Å²) in [6.45, 7) is 14.3. The van der Waals surface area contributed by atoms with Crippen LogP contribution < -0.4 is 42.9 Å². The van der Waals surface area contributed by atoms with E-state index in [0.29, 0.717) is 6.61 Å². The largest absolute Gasteiger partial charge is 1.00 e. The Hall–Kier alpha value is -2.43. The fourth-order valence-electron chi connectivity index (χ4n) is 5.20. The van der Waals surface area contributed by atoms with Crippen LogP contribution in [0.15, 0.2) is 91.0 Å². The molecular weight excluding hydrogens is 595 g/mol. The highest BCUT2D eigenvalue weighted by Gasteiger charge is 2.50. The smallest absolute Gasteiger partial charge is 0.186 e. The first-order chi connectivity index (χ1) is 18.7. The average Bonchev–Trinajstić information content (AvgIpc) is 2.91. The Morgan fingerprint density at radius 3 is 1.57 bits per heavy atom. The Bertz CT molecular complexity index is 1260. The van der Waals surface area contributed by atoms with E-state index in [9.17, 15) is 5.11 Å². The Labute approximate surface area is 252 Å². The third-order valence-electron chi connectivity index (χ3n) is 7.28. The van der Waals surface area contributed by atoms with Crippen LogP contribution in [0.4, 0.5) is 0 Å². The lowest BCUT2D eigenvalue weighted by atomic mass is 10.2. The van der Waals surface area contributed by atoms with Crippen LogP contribution in [0.3, 0.4) is 0 Å². The van der Waals surface area contributed by atoms with Crippen molar-refractivity contribution >= 4 is 36.8 Å². The van der Waals surface area contributed by atoms with Crippen LogP contribution in [0, 0.1) is 20.8 Å². The minimum absolute atomic E-state index is 0. The van der Waals surface area contributed by atoms with E-state index in [4.69, 9.17) is 9.16 Å². The number of phenolic OH excluding ortho intramolecular Hbond substituents is 1.